The third-order valence-electron chi connectivity index (χ3n) is 10.1. The lowest BCUT2D eigenvalue weighted by Gasteiger charge is -2.18. The number of carbonyl (C=O) groups excluding carboxylic acids is 2. The molecule has 0 bridgehead atoms. The van der Waals surface area contributed by atoms with Crippen LogP contribution in [-0.2, 0) is 32.0 Å². The van der Waals surface area contributed by atoms with Gasteiger partial charge >= 0.3 is 11.9 Å². The highest BCUT2D eigenvalue weighted by Gasteiger charge is 2.41. The largest absolute Gasteiger partial charge is 0.481 e. The number of rotatable bonds is 13. The average molecular weight is 596 g/mol. The molecular weight excluding hydrogens is 548 g/mol. The Morgan fingerprint density at radius 2 is 1.56 bits per heavy atom. The van der Waals surface area contributed by atoms with Gasteiger partial charge in [0, 0.05) is 71.8 Å². The van der Waals surface area contributed by atoms with Crippen LogP contribution in [0.3, 0.4) is 0 Å². The lowest BCUT2D eigenvalue weighted by atomic mass is 9.86. The summed E-state index contributed by atoms with van der Waals surface area (Å²) in [6, 6.07) is -0.0259. The Balaban J connectivity index is 1.71. The second kappa shape index (κ2) is 13.3. The van der Waals surface area contributed by atoms with Crippen LogP contribution < -0.4 is 15.6 Å². The maximum Gasteiger partial charge on any atom is 0.303 e. The zero-order valence-corrected chi connectivity index (χ0v) is 26.2. The summed E-state index contributed by atoms with van der Waals surface area (Å²) in [7, 11) is 0. The third kappa shape index (κ3) is 6.78. The van der Waals surface area contributed by atoms with Crippen molar-refractivity contribution in [1.29, 1.82) is 0 Å². The molecule has 4 rings (SSSR count). The first-order valence-corrected chi connectivity index (χ1v) is 15.7. The highest BCUT2D eigenvalue weighted by atomic mass is 16.4. The molecule has 0 spiro atoms. The monoisotopic (exact) mass is 595 g/mol. The van der Waals surface area contributed by atoms with E-state index in [0.717, 1.165) is 57.9 Å². The molecule has 6 atom stereocenters. The minimum absolute atomic E-state index is 0.00829. The molecule has 6 unspecified atom stereocenters. The van der Waals surface area contributed by atoms with Crippen molar-refractivity contribution in [2.45, 2.75) is 105 Å². The van der Waals surface area contributed by atoms with Crippen molar-refractivity contribution in [3.05, 3.63) is 39.4 Å². The second-order valence-electron chi connectivity index (χ2n) is 12.5. The van der Waals surface area contributed by atoms with Crippen LogP contribution in [0.15, 0.2) is 16.8 Å². The van der Waals surface area contributed by atoms with Gasteiger partial charge in [-0.15, -0.1) is 0 Å². The molecular formula is C33H47N4O6+. The van der Waals surface area contributed by atoms with Crippen molar-refractivity contribution in [1.82, 2.24) is 15.6 Å². The Kier molecular flexibility index (Phi) is 9.97. The van der Waals surface area contributed by atoms with Crippen molar-refractivity contribution in [3.8, 4) is 0 Å². The summed E-state index contributed by atoms with van der Waals surface area (Å²) in [6.07, 6.45) is 5.51. The van der Waals surface area contributed by atoms with Gasteiger partial charge in [0.15, 0.2) is 5.71 Å². The van der Waals surface area contributed by atoms with Crippen molar-refractivity contribution >= 4 is 35.5 Å². The van der Waals surface area contributed by atoms with E-state index >= 15 is 0 Å². The number of hydrogen-bond acceptors (Lipinski definition) is 4. The van der Waals surface area contributed by atoms with Crippen LogP contribution in [0.5, 0.6) is 0 Å². The Hall–Kier alpha value is -3.69. The fourth-order valence-electron chi connectivity index (χ4n) is 7.32. The van der Waals surface area contributed by atoms with Crippen molar-refractivity contribution in [2.75, 3.05) is 0 Å². The van der Waals surface area contributed by atoms with Crippen molar-refractivity contribution in [2.24, 2.45) is 23.7 Å². The number of aromatic amines is 1. The predicted molar refractivity (Wildman–Crippen MR) is 163 cm³/mol. The first kappa shape index (κ1) is 32.2. The van der Waals surface area contributed by atoms with Gasteiger partial charge in [0.2, 0.25) is 17.5 Å². The Morgan fingerprint density at radius 1 is 0.907 bits per heavy atom. The number of carbonyl (C=O) groups is 4. The minimum atomic E-state index is -0.881. The van der Waals surface area contributed by atoms with Gasteiger partial charge in [0.25, 0.3) is 0 Å². The van der Waals surface area contributed by atoms with Gasteiger partial charge in [-0.3, -0.25) is 19.2 Å². The molecule has 10 heteroatoms. The molecule has 3 aliphatic rings. The maximum absolute atomic E-state index is 12.5. The summed E-state index contributed by atoms with van der Waals surface area (Å²) in [5.74, 6) is -1.30. The van der Waals surface area contributed by atoms with E-state index in [9.17, 15) is 29.4 Å². The van der Waals surface area contributed by atoms with Crippen molar-refractivity contribution in [3.63, 3.8) is 0 Å². The average Bonchev–Trinajstić information content (AvgIpc) is 3.59. The van der Waals surface area contributed by atoms with Crippen LogP contribution in [-0.4, -0.2) is 56.7 Å². The molecule has 10 nitrogen and oxygen atoms in total. The molecule has 0 aliphatic carbocycles. The molecule has 2 saturated heterocycles. The minimum Gasteiger partial charge on any atom is -0.481 e. The van der Waals surface area contributed by atoms with Crippen LogP contribution in [0.1, 0.15) is 95.7 Å². The van der Waals surface area contributed by atoms with E-state index in [-0.39, 0.29) is 60.4 Å². The van der Waals surface area contributed by atoms with Gasteiger partial charge in [-0.25, -0.2) is 4.99 Å². The van der Waals surface area contributed by atoms with Gasteiger partial charge in [-0.2, -0.15) is 0 Å². The van der Waals surface area contributed by atoms with E-state index in [1.165, 1.54) is 0 Å². The summed E-state index contributed by atoms with van der Waals surface area (Å²) >= 11 is 0. The zero-order chi connectivity index (χ0) is 31.6. The topological polar surface area (TPSA) is 163 Å². The van der Waals surface area contributed by atoms with Crippen molar-refractivity contribution < 1.29 is 34.4 Å². The van der Waals surface area contributed by atoms with Gasteiger partial charge < -0.3 is 25.8 Å². The molecule has 2 fully saturated rings. The lowest BCUT2D eigenvalue weighted by molar-refractivity contribution is -0.388. The predicted octanol–water partition coefficient (Wildman–Crippen LogP) is 2.65. The quantitative estimate of drug-likeness (QED) is 0.205. The van der Waals surface area contributed by atoms with Gasteiger partial charge in [-0.05, 0) is 56.1 Å². The van der Waals surface area contributed by atoms with Gasteiger partial charge in [0.1, 0.15) is 0 Å². The van der Waals surface area contributed by atoms with Gasteiger partial charge in [-0.1, -0.05) is 34.1 Å². The van der Waals surface area contributed by atoms with Crippen LogP contribution in [0.25, 0.3) is 6.08 Å². The number of carboxylic acid groups (broad SMARTS) is 2. The van der Waals surface area contributed by atoms with E-state index in [2.05, 4.69) is 34.5 Å². The lowest BCUT2D eigenvalue weighted by Crippen LogP contribution is -2.69. The summed E-state index contributed by atoms with van der Waals surface area (Å²) < 4.78 is 0. The van der Waals surface area contributed by atoms with Crippen LogP contribution in [0.4, 0.5) is 0 Å². The Labute approximate surface area is 253 Å². The summed E-state index contributed by atoms with van der Waals surface area (Å²) in [6.45, 7) is 12.2. The molecule has 0 aromatic carbocycles. The van der Waals surface area contributed by atoms with E-state index in [1.807, 2.05) is 33.8 Å². The normalized spacial score (nSPS) is 28.0. The van der Waals surface area contributed by atoms with Crippen LogP contribution in [0.2, 0.25) is 0 Å². The smallest absolute Gasteiger partial charge is 0.303 e. The Bertz CT molecular complexity index is 1390. The van der Waals surface area contributed by atoms with E-state index < -0.39 is 11.9 Å². The molecule has 4 heterocycles. The molecule has 0 radical (unpaired) electrons. The number of aromatic nitrogens is 1. The number of hydrogen-bond donors (Lipinski definition) is 6. The number of amides is 2. The fraction of sp³-hybridized carbons (Fsp3) is 0.606. The van der Waals surface area contributed by atoms with E-state index in [0.29, 0.717) is 25.7 Å². The number of allylic oxidation sites excluding steroid dienone is 2. The van der Waals surface area contributed by atoms with Gasteiger partial charge in [0.05, 0.1) is 6.42 Å². The fourth-order valence-corrected chi connectivity index (χ4v) is 7.32. The van der Waals surface area contributed by atoms with Crippen LogP contribution in [0, 0.1) is 30.6 Å². The molecule has 43 heavy (non-hydrogen) atoms. The first-order valence-electron chi connectivity index (χ1n) is 15.7. The highest BCUT2D eigenvalue weighted by molar-refractivity contribution is 6.00. The highest BCUT2D eigenvalue weighted by Crippen LogP contribution is 2.33. The first-order chi connectivity index (χ1) is 20.4. The number of aliphatic carboxylic acids is 2. The molecule has 1 aromatic heterocycles. The summed E-state index contributed by atoms with van der Waals surface area (Å²) in [4.78, 5) is 55.1. The SMILES string of the molecule is CCC1C(=O)NC(Cc2[nH]c(C=C3[NH+]=C(CC4NC(=O)C(C)C4CC)C(C)=C3CCC(=O)O)c(CCC(=O)O)c2C)C1C. The number of H-pyrrole nitrogens is 1. The second-order valence-corrected chi connectivity index (χ2v) is 12.5. The molecule has 234 valence electrons. The molecule has 3 aliphatic heterocycles. The zero-order valence-electron chi connectivity index (χ0n) is 26.2. The molecule has 0 saturated carbocycles. The molecule has 2 amide bonds. The summed E-state index contributed by atoms with van der Waals surface area (Å²) in [5.41, 5.74) is 7.29. The number of nitrogens with one attached hydrogen (secondary N) is 4. The Morgan fingerprint density at radius 3 is 2.16 bits per heavy atom. The number of carboxylic acids is 2. The molecule has 1 aromatic rings. The standard InChI is InChI=1S/C33H46N4O6/c1-7-20-19(6)32(42)37-27(20)14-25-18(5)23(10-12-31(40)41)29(35-25)15-28-22(9-11-30(38)39)17(4)24(34-28)13-26-16(3)21(8-2)33(43)36-26/h15-16,19-21,26-27,34H,7-14H2,1-6H3,(H,36,43)(H,37,42)(H,38,39)(H,40,41)/p+1. The van der Waals surface area contributed by atoms with Crippen LogP contribution >= 0.6 is 0 Å². The van der Waals surface area contributed by atoms with E-state index in [1.54, 1.807) is 0 Å². The maximum atomic E-state index is 12.5. The molecule has 6 N–H and O–H groups in total. The third-order valence-corrected chi connectivity index (χ3v) is 10.1. The van der Waals surface area contributed by atoms with E-state index in [4.69, 9.17) is 0 Å². The summed E-state index contributed by atoms with van der Waals surface area (Å²) in [5, 5.41) is 25.2.